The van der Waals surface area contributed by atoms with Gasteiger partial charge in [0.2, 0.25) is 0 Å². The highest BCUT2D eigenvalue weighted by atomic mass is 35.5. The van der Waals surface area contributed by atoms with Crippen molar-refractivity contribution in [2.75, 3.05) is 32.2 Å². The van der Waals surface area contributed by atoms with Gasteiger partial charge in [0.15, 0.2) is 0 Å². The van der Waals surface area contributed by atoms with Gasteiger partial charge in [-0.2, -0.15) is 0 Å². The molecular formula is C13H22ClN2O3P. The van der Waals surface area contributed by atoms with Gasteiger partial charge in [0.25, 0.3) is 0 Å². The molecule has 1 aromatic rings. The van der Waals surface area contributed by atoms with E-state index < -0.39 is 13.4 Å². The van der Waals surface area contributed by atoms with Crippen LogP contribution in [0.25, 0.3) is 0 Å². The first-order valence-electron chi connectivity index (χ1n) is 6.46. The zero-order valence-electron chi connectivity index (χ0n) is 12.3. The van der Waals surface area contributed by atoms with Gasteiger partial charge in [-0.3, -0.25) is 4.57 Å². The van der Waals surface area contributed by atoms with E-state index in [1.165, 1.54) is 0 Å². The van der Waals surface area contributed by atoms with Crippen molar-refractivity contribution in [3.8, 4) is 0 Å². The van der Waals surface area contributed by atoms with Crippen molar-refractivity contribution in [3.63, 3.8) is 0 Å². The third-order valence-electron chi connectivity index (χ3n) is 2.78. The highest BCUT2D eigenvalue weighted by Crippen LogP contribution is 2.59. The first-order chi connectivity index (χ1) is 9.35. The molecular weight excluding hydrogens is 299 g/mol. The molecule has 1 atom stereocenters. The molecule has 0 saturated heterocycles. The Morgan fingerprint density at radius 1 is 1.30 bits per heavy atom. The molecule has 0 spiro atoms. The molecule has 0 fully saturated rings. The molecule has 0 radical (unpaired) electrons. The van der Waals surface area contributed by atoms with E-state index in [1.807, 2.05) is 25.1 Å². The van der Waals surface area contributed by atoms with Crippen LogP contribution in [-0.2, 0) is 13.6 Å². The van der Waals surface area contributed by atoms with E-state index >= 15 is 0 Å². The minimum absolute atomic E-state index is 0.262. The predicted molar refractivity (Wildman–Crippen MR) is 83.6 cm³/mol. The van der Waals surface area contributed by atoms with Crippen LogP contribution in [0.15, 0.2) is 18.2 Å². The van der Waals surface area contributed by atoms with Crippen LogP contribution in [-0.4, -0.2) is 27.3 Å². The molecule has 2 N–H and O–H groups in total. The summed E-state index contributed by atoms with van der Waals surface area (Å²) in [6, 6.07) is 5.40. The quantitative estimate of drug-likeness (QED) is 0.777. The molecule has 0 bridgehead atoms. The van der Waals surface area contributed by atoms with E-state index in [2.05, 4.69) is 0 Å². The van der Waals surface area contributed by atoms with Gasteiger partial charge in [-0.25, -0.2) is 0 Å². The van der Waals surface area contributed by atoms with Crippen LogP contribution >= 0.6 is 19.2 Å². The zero-order valence-corrected chi connectivity index (χ0v) is 13.9. The number of rotatable bonds is 7. The van der Waals surface area contributed by atoms with Crippen molar-refractivity contribution < 1.29 is 13.6 Å². The number of hydrogen-bond acceptors (Lipinski definition) is 5. The maximum atomic E-state index is 12.6. The molecule has 5 nitrogen and oxygen atoms in total. The predicted octanol–water partition coefficient (Wildman–Crippen LogP) is 3.63. The maximum absolute atomic E-state index is 12.6. The van der Waals surface area contributed by atoms with Crippen LogP contribution in [0.5, 0.6) is 0 Å². The molecule has 0 heterocycles. The average Bonchev–Trinajstić information content (AvgIpc) is 2.38. The molecule has 0 aliphatic heterocycles. The van der Waals surface area contributed by atoms with Crippen LogP contribution < -0.4 is 10.6 Å². The van der Waals surface area contributed by atoms with E-state index in [9.17, 15) is 4.57 Å². The van der Waals surface area contributed by atoms with E-state index in [0.717, 1.165) is 5.69 Å². The summed E-state index contributed by atoms with van der Waals surface area (Å²) < 4.78 is 23.2. The monoisotopic (exact) mass is 320 g/mol. The molecule has 7 heteroatoms. The fourth-order valence-electron chi connectivity index (χ4n) is 1.76. The Balaban J connectivity index is 3.12. The first kappa shape index (κ1) is 17.5. The lowest BCUT2D eigenvalue weighted by Gasteiger charge is -2.24. The summed E-state index contributed by atoms with van der Waals surface area (Å²) in [7, 11) is 0.408. The van der Waals surface area contributed by atoms with Crippen molar-refractivity contribution in [1.29, 1.82) is 0 Å². The maximum Gasteiger partial charge on any atom is 0.351 e. The zero-order chi connectivity index (χ0) is 15.3. The van der Waals surface area contributed by atoms with E-state index in [1.54, 1.807) is 26.0 Å². The fraction of sp³-hybridized carbons (Fsp3) is 0.538. The van der Waals surface area contributed by atoms with Gasteiger partial charge in [0.05, 0.1) is 13.2 Å². The Bertz CT molecular complexity index is 487. The molecule has 1 aromatic carbocycles. The second kappa shape index (κ2) is 7.43. The van der Waals surface area contributed by atoms with Crippen molar-refractivity contribution in [2.24, 2.45) is 5.73 Å². The second-order valence-electron chi connectivity index (χ2n) is 4.42. The van der Waals surface area contributed by atoms with Crippen molar-refractivity contribution >= 4 is 24.9 Å². The largest absolute Gasteiger partial charge is 0.378 e. The molecule has 0 aromatic heterocycles. The Hall–Kier alpha value is -0.580. The lowest BCUT2D eigenvalue weighted by Crippen LogP contribution is -2.16. The summed E-state index contributed by atoms with van der Waals surface area (Å²) in [6.45, 7) is 4.01. The summed E-state index contributed by atoms with van der Waals surface area (Å²) in [5, 5.41) is 0.448. The SMILES string of the molecule is CCOP(=O)(OCC)[C@@H](N)c1ccc(N(C)C)cc1Cl. The first-order valence-corrected chi connectivity index (χ1v) is 8.45. The standard InChI is InChI=1S/C13H22ClN2O3P/c1-5-18-20(17,19-6-2)13(15)11-8-7-10(16(3)4)9-12(11)14/h7-9,13H,5-6,15H2,1-4H3/t13-/m1/s1. The third kappa shape index (κ3) is 3.96. The van der Waals surface area contributed by atoms with Gasteiger partial charge in [-0.1, -0.05) is 17.7 Å². The van der Waals surface area contributed by atoms with Crippen LogP contribution in [0.1, 0.15) is 25.2 Å². The Morgan fingerprint density at radius 2 is 1.85 bits per heavy atom. The van der Waals surface area contributed by atoms with Crippen molar-refractivity contribution in [1.82, 2.24) is 0 Å². The molecule has 20 heavy (non-hydrogen) atoms. The normalized spacial score (nSPS) is 13.3. The molecule has 114 valence electrons. The lowest BCUT2D eigenvalue weighted by molar-refractivity contribution is 0.212. The van der Waals surface area contributed by atoms with E-state index in [4.69, 9.17) is 26.4 Å². The summed E-state index contributed by atoms with van der Waals surface area (Å²) >= 11 is 6.24. The summed E-state index contributed by atoms with van der Waals surface area (Å²) in [5.41, 5.74) is 7.56. The van der Waals surface area contributed by atoms with E-state index in [-0.39, 0.29) is 13.2 Å². The molecule has 0 amide bonds. The lowest BCUT2D eigenvalue weighted by atomic mass is 10.2. The number of nitrogens with two attached hydrogens (primary N) is 1. The van der Waals surface area contributed by atoms with Gasteiger partial charge >= 0.3 is 7.60 Å². The summed E-state index contributed by atoms with van der Waals surface area (Å²) in [4.78, 5) is 1.92. The van der Waals surface area contributed by atoms with Gasteiger partial charge in [-0.15, -0.1) is 0 Å². The van der Waals surface area contributed by atoms with Gasteiger partial charge in [0, 0.05) is 24.8 Å². The Labute approximate surface area is 125 Å². The second-order valence-corrected chi connectivity index (χ2v) is 6.98. The topological polar surface area (TPSA) is 64.8 Å². The molecule has 0 saturated carbocycles. The van der Waals surface area contributed by atoms with Crippen LogP contribution in [0.3, 0.4) is 0 Å². The third-order valence-corrected chi connectivity index (χ3v) is 5.30. The van der Waals surface area contributed by atoms with Gasteiger partial charge < -0.3 is 19.7 Å². The minimum Gasteiger partial charge on any atom is -0.378 e. The average molecular weight is 321 g/mol. The highest BCUT2D eigenvalue weighted by molar-refractivity contribution is 7.54. The van der Waals surface area contributed by atoms with Gasteiger partial charge in [0.1, 0.15) is 5.78 Å². The smallest absolute Gasteiger partial charge is 0.351 e. The molecule has 0 aliphatic carbocycles. The van der Waals surface area contributed by atoms with Gasteiger partial charge in [-0.05, 0) is 31.5 Å². The summed E-state index contributed by atoms with van der Waals surface area (Å²) in [5.74, 6) is -0.897. The number of halogens is 1. The fourth-order valence-corrected chi connectivity index (χ4v) is 3.81. The number of anilines is 1. The molecule has 0 unspecified atom stereocenters. The Morgan fingerprint density at radius 3 is 2.25 bits per heavy atom. The number of nitrogens with zero attached hydrogens (tertiary/aromatic N) is 1. The summed E-state index contributed by atoms with van der Waals surface area (Å²) in [6.07, 6.45) is 0. The Kier molecular flexibility index (Phi) is 6.49. The highest BCUT2D eigenvalue weighted by Gasteiger charge is 2.35. The van der Waals surface area contributed by atoms with Crippen LogP contribution in [0, 0.1) is 0 Å². The van der Waals surface area contributed by atoms with E-state index in [0.29, 0.717) is 10.6 Å². The molecule has 1 rings (SSSR count). The van der Waals surface area contributed by atoms with Crippen molar-refractivity contribution in [3.05, 3.63) is 28.8 Å². The van der Waals surface area contributed by atoms with Crippen molar-refractivity contribution in [2.45, 2.75) is 19.6 Å². The van der Waals surface area contributed by atoms with Crippen LogP contribution in [0.4, 0.5) is 5.69 Å². The number of benzene rings is 1. The minimum atomic E-state index is -3.42. The van der Waals surface area contributed by atoms with Crippen LogP contribution in [0.2, 0.25) is 5.02 Å². The number of hydrogen-bond donors (Lipinski definition) is 1. The molecule has 0 aliphatic rings.